The summed E-state index contributed by atoms with van der Waals surface area (Å²) in [5.74, 6) is 0.779. The topological polar surface area (TPSA) is 67.3 Å². The fourth-order valence-corrected chi connectivity index (χ4v) is 3.11. The van der Waals surface area contributed by atoms with E-state index in [9.17, 15) is 5.11 Å². The summed E-state index contributed by atoms with van der Waals surface area (Å²) in [4.78, 5) is 8.71. The van der Waals surface area contributed by atoms with Crippen LogP contribution in [-0.4, -0.2) is 33.3 Å². The van der Waals surface area contributed by atoms with Gasteiger partial charge in [-0.05, 0) is 32.9 Å². The van der Waals surface area contributed by atoms with Crippen LogP contribution in [0, 0.1) is 0 Å². The van der Waals surface area contributed by atoms with Crippen LogP contribution in [0.3, 0.4) is 0 Å². The molecule has 23 heavy (non-hydrogen) atoms. The van der Waals surface area contributed by atoms with Crippen LogP contribution in [0.4, 0.5) is 0 Å². The summed E-state index contributed by atoms with van der Waals surface area (Å²) in [7, 11) is 0. The number of benzene rings is 1. The maximum absolute atomic E-state index is 10.7. The van der Waals surface area contributed by atoms with E-state index in [0.29, 0.717) is 0 Å². The Labute approximate surface area is 137 Å². The van der Waals surface area contributed by atoms with E-state index in [-0.39, 0.29) is 6.04 Å². The predicted octanol–water partition coefficient (Wildman–Crippen LogP) is 2.98. The van der Waals surface area contributed by atoms with Crippen LogP contribution < -0.4 is 10.1 Å². The molecule has 1 aromatic carbocycles. The van der Waals surface area contributed by atoms with Gasteiger partial charge in [0.1, 0.15) is 17.5 Å². The molecule has 1 aliphatic heterocycles. The molecule has 0 aliphatic carbocycles. The Kier molecular flexibility index (Phi) is 4.50. The van der Waals surface area contributed by atoms with Gasteiger partial charge in [0.2, 0.25) is 0 Å². The molecule has 5 nitrogen and oxygen atoms in total. The highest BCUT2D eigenvalue weighted by Crippen LogP contribution is 2.41. The zero-order chi connectivity index (χ0) is 16.4. The molecule has 0 saturated carbocycles. The van der Waals surface area contributed by atoms with Gasteiger partial charge >= 0.3 is 0 Å². The summed E-state index contributed by atoms with van der Waals surface area (Å²) < 4.78 is 6.04. The minimum absolute atomic E-state index is 0.156. The summed E-state index contributed by atoms with van der Waals surface area (Å²) in [6, 6.07) is 3.75. The Morgan fingerprint density at radius 3 is 2.57 bits per heavy atom. The molecule has 0 radical (unpaired) electrons. The molecule has 2 N–H and O–H groups in total. The van der Waals surface area contributed by atoms with Gasteiger partial charge in [0, 0.05) is 24.0 Å². The number of hydrogen-bond donors (Lipinski definition) is 2. The van der Waals surface area contributed by atoms with E-state index >= 15 is 0 Å². The van der Waals surface area contributed by atoms with Crippen LogP contribution >= 0.6 is 0 Å². The third kappa shape index (κ3) is 3.16. The van der Waals surface area contributed by atoms with Gasteiger partial charge in [0.05, 0.1) is 17.1 Å². The van der Waals surface area contributed by atoms with Gasteiger partial charge in [-0.3, -0.25) is 9.97 Å². The Balaban J connectivity index is 1.96. The fourth-order valence-electron chi connectivity index (χ4n) is 3.11. The monoisotopic (exact) mass is 315 g/mol. The molecule has 1 unspecified atom stereocenters. The Morgan fingerprint density at radius 1 is 1.17 bits per heavy atom. The lowest BCUT2D eigenvalue weighted by atomic mass is 9.86. The predicted molar refractivity (Wildman–Crippen MR) is 90.5 cm³/mol. The van der Waals surface area contributed by atoms with Crippen molar-refractivity contribution in [3.63, 3.8) is 0 Å². The number of nitrogens with zero attached hydrogens (tertiary/aromatic N) is 2. The highest BCUT2D eigenvalue weighted by atomic mass is 16.5. The largest absolute Gasteiger partial charge is 0.485 e. The molecule has 1 aliphatic rings. The summed E-state index contributed by atoms with van der Waals surface area (Å²) >= 11 is 0. The molecule has 2 heterocycles. The van der Waals surface area contributed by atoms with Crippen molar-refractivity contribution in [2.24, 2.45) is 0 Å². The molecule has 0 saturated heterocycles. The minimum atomic E-state index is -0.648. The first kappa shape index (κ1) is 16.1. The van der Waals surface area contributed by atoms with Crippen LogP contribution in [0.25, 0.3) is 11.0 Å². The number of aromatic nitrogens is 2. The number of nitrogens with one attached hydrogen (secondary N) is 1. The van der Waals surface area contributed by atoms with Gasteiger partial charge in [-0.15, -0.1) is 0 Å². The second kappa shape index (κ2) is 6.42. The molecular formula is C18H25N3O2. The molecule has 3 rings (SSSR count). The minimum Gasteiger partial charge on any atom is -0.485 e. The van der Waals surface area contributed by atoms with Crippen molar-refractivity contribution in [1.29, 1.82) is 0 Å². The van der Waals surface area contributed by atoms with Crippen molar-refractivity contribution in [3.05, 3.63) is 30.1 Å². The van der Waals surface area contributed by atoms with Crippen LogP contribution in [-0.2, 0) is 0 Å². The number of rotatable bonds is 5. The van der Waals surface area contributed by atoms with E-state index in [1.807, 2.05) is 26.0 Å². The lowest BCUT2D eigenvalue weighted by Crippen LogP contribution is -2.52. The normalized spacial score (nSPS) is 22.6. The quantitative estimate of drug-likeness (QED) is 0.830. The van der Waals surface area contributed by atoms with Gasteiger partial charge in [-0.1, -0.05) is 19.8 Å². The number of fused-ring (bicyclic) bond motifs is 2. The van der Waals surface area contributed by atoms with Crippen LogP contribution in [0.15, 0.2) is 24.5 Å². The van der Waals surface area contributed by atoms with E-state index in [4.69, 9.17) is 4.74 Å². The molecule has 2 atom stereocenters. The highest BCUT2D eigenvalue weighted by Gasteiger charge is 2.42. The molecule has 0 spiro atoms. The summed E-state index contributed by atoms with van der Waals surface area (Å²) in [6.45, 7) is 6.90. The van der Waals surface area contributed by atoms with Crippen molar-refractivity contribution in [3.8, 4) is 5.75 Å². The first-order valence-electron chi connectivity index (χ1n) is 8.38. The van der Waals surface area contributed by atoms with Gasteiger partial charge in [-0.2, -0.15) is 0 Å². The summed E-state index contributed by atoms with van der Waals surface area (Å²) in [5, 5.41) is 14.3. The maximum Gasteiger partial charge on any atom is 0.131 e. The second-order valence-corrected chi connectivity index (χ2v) is 6.72. The summed E-state index contributed by atoms with van der Waals surface area (Å²) in [6.07, 6.45) is 6.21. The Bertz CT molecular complexity index is 687. The molecular weight excluding hydrogens is 290 g/mol. The zero-order valence-corrected chi connectivity index (χ0v) is 14.0. The van der Waals surface area contributed by atoms with E-state index in [1.165, 1.54) is 12.8 Å². The number of unbranched alkanes of at least 4 members (excludes halogenated alkanes) is 2. The number of aliphatic hydroxyl groups excluding tert-OH is 1. The van der Waals surface area contributed by atoms with E-state index < -0.39 is 11.7 Å². The average molecular weight is 315 g/mol. The molecule has 0 amide bonds. The van der Waals surface area contributed by atoms with Gasteiger partial charge in [0.15, 0.2) is 0 Å². The number of ether oxygens (including phenoxy) is 1. The second-order valence-electron chi connectivity index (χ2n) is 6.72. The van der Waals surface area contributed by atoms with Crippen LogP contribution in [0.5, 0.6) is 5.75 Å². The first-order chi connectivity index (χ1) is 11.0. The highest BCUT2D eigenvalue weighted by molar-refractivity contribution is 5.77. The first-order valence-corrected chi connectivity index (χ1v) is 8.38. The van der Waals surface area contributed by atoms with Gasteiger partial charge in [0.25, 0.3) is 0 Å². The Morgan fingerprint density at radius 2 is 1.87 bits per heavy atom. The van der Waals surface area contributed by atoms with Crippen molar-refractivity contribution >= 4 is 11.0 Å². The number of hydrogen-bond acceptors (Lipinski definition) is 5. The molecule has 5 heteroatoms. The number of aliphatic hydroxyl groups is 1. The van der Waals surface area contributed by atoms with E-state index in [2.05, 4.69) is 22.2 Å². The van der Waals surface area contributed by atoms with E-state index in [0.717, 1.165) is 35.3 Å². The standard InChI is InChI=1S/C18H25N3O2/c1-4-5-6-7-21-16-12-10-13-14(20-9-8-19-13)11-15(12)23-18(2,3)17(16)22/h8-11,16-17,21-22H,4-7H2,1-3H3/t16?,17-/m1/s1. The SMILES string of the molecule is CCCCCNC1c2cc3nccnc3cc2OC(C)(C)[C@@H]1O. The maximum atomic E-state index is 10.7. The third-order valence-corrected chi connectivity index (χ3v) is 4.48. The van der Waals surface area contributed by atoms with Crippen LogP contribution in [0.1, 0.15) is 51.6 Å². The van der Waals surface area contributed by atoms with Gasteiger partial charge in [-0.25, -0.2) is 0 Å². The van der Waals surface area contributed by atoms with E-state index in [1.54, 1.807) is 12.4 Å². The zero-order valence-electron chi connectivity index (χ0n) is 14.0. The van der Waals surface area contributed by atoms with Crippen molar-refractivity contribution in [2.75, 3.05) is 6.54 Å². The Hall–Kier alpha value is -1.72. The summed E-state index contributed by atoms with van der Waals surface area (Å²) in [5.41, 5.74) is 1.94. The molecule has 0 fully saturated rings. The molecule has 2 aromatic rings. The van der Waals surface area contributed by atoms with Crippen molar-refractivity contribution in [1.82, 2.24) is 15.3 Å². The molecule has 0 bridgehead atoms. The average Bonchev–Trinajstić information content (AvgIpc) is 2.53. The third-order valence-electron chi connectivity index (χ3n) is 4.48. The lowest BCUT2D eigenvalue weighted by Gasteiger charge is -2.42. The van der Waals surface area contributed by atoms with Crippen molar-refractivity contribution in [2.45, 2.75) is 57.8 Å². The smallest absolute Gasteiger partial charge is 0.131 e. The molecule has 124 valence electrons. The molecule has 1 aromatic heterocycles. The van der Waals surface area contributed by atoms with Gasteiger partial charge < -0.3 is 15.2 Å². The lowest BCUT2D eigenvalue weighted by molar-refractivity contribution is -0.0643. The van der Waals surface area contributed by atoms with Crippen molar-refractivity contribution < 1.29 is 9.84 Å². The van der Waals surface area contributed by atoms with Crippen LogP contribution in [0.2, 0.25) is 0 Å². The fraction of sp³-hybridized carbons (Fsp3) is 0.556.